The molecule has 76 valence electrons. The van der Waals surface area contributed by atoms with E-state index in [-0.39, 0.29) is 12.6 Å². The van der Waals surface area contributed by atoms with Crippen LogP contribution in [0.1, 0.15) is 6.42 Å². The second-order valence-corrected chi connectivity index (χ2v) is 4.75. The lowest BCUT2D eigenvalue weighted by molar-refractivity contribution is 0.0891. The quantitative estimate of drug-likeness (QED) is 0.595. The maximum absolute atomic E-state index is 10.7. The zero-order valence-electron chi connectivity index (χ0n) is 7.36. The summed E-state index contributed by atoms with van der Waals surface area (Å²) < 4.78 is 23.8. The fourth-order valence-corrected chi connectivity index (χ4v) is 1.45. The minimum atomic E-state index is -3.15. The molecule has 0 aromatic heterocycles. The first-order valence-corrected chi connectivity index (χ1v) is 5.76. The maximum Gasteiger partial charge on any atom is 0.208 e. The third-order valence-corrected chi connectivity index (χ3v) is 2.29. The van der Waals surface area contributed by atoms with E-state index in [1.54, 1.807) is 0 Å². The Hall–Kier alpha value is -0.660. The molecule has 1 aliphatic heterocycles. The van der Waals surface area contributed by atoms with Crippen molar-refractivity contribution in [2.45, 2.75) is 12.5 Å². The number of nitrogens with one attached hydrogen (secondary N) is 1. The van der Waals surface area contributed by atoms with Gasteiger partial charge in [0.15, 0.2) is 0 Å². The lowest BCUT2D eigenvalue weighted by Crippen LogP contribution is -2.31. The Balaban J connectivity index is 2.28. The first kappa shape index (κ1) is 10.4. The molecule has 0 aromatic carbocycles. The summed E-state index contributed by atoms with van der Waals surface area (Å²) in [5, 5.41) is 3.69. The molecule has 0 spiro atoms. The van der Waals surface area contributed by atoms with Crippen LogP contribution in [-0.2, 0) is 14.9 Å². The highest BCUT2D eigenvalue weighted by molar-refractivity contribution is 7.88. The summed E-state index contributed by atoms with van der Waals surface area (Å²) in [5.41, 5.74) is 6.09. The summed E-state index contributed by atoms with van der Waals surface area (Å²) >= 11 is 0. The topological polar surface area (TPSA) is 93.8 Å². The van der Waals surface area contributed by atoms with Gasteiger partial charge in [0.25, 0.3) is 0 Å². The molecule has 0 radical (unpaired) electrons. The largest absolute Gasteiger partial charge is 0.391 e. The van der Waals surface area contributed by atoms with E-state index < -0.39 is 10.0 Å². The van der Waals surface area contributed by atoms with Crippen LogP contribution in [0.5, 0.6) is 0 Å². The Morgan fingerprint density at radius 3 is 2.92 bits per heavy atom. The number of hydrogen-bond donors (Lipinski definition) is 2. The first-order valence-electron chi connectivity index (χ1n) is 3.87. The van der Waals surface area contributed by atoms with Gasteiger partial charge in [0.05, 0.1) is 18.5 Å². The van der Waals surface area contributed by atoms with Gasteiger partial charge in [0, 0.05) is 13.0 Å². The summed E-state index contributed by atoms with van der Waals surface area (Å²) in [4.78, 5) is 4.93. The van der Waals surface area contributed by atoms with Crippen molar-refractivity contribution < 1.29 is 13.3 Å². The van der Waals surface area contributed by atoms with E-state index in [1.165, 1.54) is 0 Å². The first-order chi connectivity index (χ1) is 6.01. The molecule has 1 heterocycles. The molecular formula is C6H13N3O3S. The van der Waals surface area contributed by atoms with Gasteiger partial charge in [-0.1, -0.05) is 5.16 Å². The van der Waals surface area contributed by atoms with Crippen LogP contribution in [0.25, 0.3) is 0 Å². The fourth-order valence-electron chi connectivity index (χ4n) is 0.961. The van der Waals surface area contributed by atoms with Crippen LogP contribution < -0.4 is 10.5 Å². The SMILES string of the molecule is CS(=O)(=O)NC[C@@H]1CC(CN)=NO1. The molecule has 6 nitrogen and oxygen atoms in total. The van der Waals surface area contributed by atoms with Gasteiger partial charge in [-0.05, 0) is 0 Å². The molecule has 0 aromatic rings. The Morgan fingerprint density at radius 2 is 2.46 bits per heavy atom. The number of rotatable bonds is 4. The molecule has 3 N–H and O–H groups in total. The molecule has 0 bridgehead atoms. The predicted octanol–water partition coefficient (Wildman–Crippen LogP) is -1.36. The van der Waals surface area contributed by atoms with Gasteiger partial charge in [0.1, 0.15) is 6.10 Å². The molecule has 0 unspecified atom stereocenters. The Labute approximate surface area is 77.2 Å². The van der Waals surface area contributed by atoms with E-state index in [1.807, 2.05) is 0 Å². The van der Waals surface area contributed by atoms with Crippen molar-refractivity contribution in [1.82, 2.24) is 4.72 Å². The number of nitrogens with zero attached hydrogens (tertiary/aromatic N) is 1. The van der Waals surface area contributed by atoms with Gasteiger partial charge in [-0.15, -0.1) is 0 Å². The molecule has 1 aliphatic rings. The Morgan fingerprint density at radius 1 is 1.77 bits per heavy atom. The number of oxime groups is 1. The van der Waals surface area contributed by atoms with Gasteiger partial charge in [-0.2, -0.15) is 0 Å². The Bertz CT molecular complexity index is 298. The van der Waals surface area contributed by atoms with E-state index in [0.29, 0.717) is 13.0 Å². The van der Waals surface area contributed by atoms with Crippen molar-refractivity contribution in [3.63, 3.8) is 0 Å². The fraction of sp³-hybridized carbons (Fsp3) is 0.833. The summed E-state index contributed by atoms with van der Waals surface area (Å²) in [6.45, 7) is 0.598. The van der Waals surface area contributed by atoms with Crippen molar-refractivity contribution in [3.05, 3.63) is 0 Å². The maximum atomic E-state index is 10.7. The summed E-state index contributed by atoms with van der Waals surface area (Å²) in [7, 11) is -3.15. The summed E-state index contributed by atoms with van der Waals surface area (Å²) in [6.07, 6.45) is 1.49. The van der Waals surface area contributed by atoms with Crippen molar-refractivity contribution in [3.8, 4) is 0 Å². The lowest BCUT2D eigenvalue weighted by Gasteiger charge is -2.07. The monoisotopic (exact) mass is 207 g/mol. The van der Waals surface area contributed by atoms with Crippen LogP contribution >= 0.6 is 0 Å². The Kier molecular flexibility index (Phi) is 3.23. The zero-order chi connectivity index (χ0) is 9.90. The molecule has 1 atom stereocenters. The second-order valence-electron chi connectivity index (χ2n) is 2.91. The lowest BCUT2D eigenvalue weighted by atomic mass is 10.2. The molecule has 7 heteroatoms. The highest BCUT2D eigenvalue weighted by Gasteiger charge is 2.20. The minimum absolute atomic E-state index is 0.215. The van der Waals surface area contributed by atoms with E-state index in [0.717, 1.165) is 12.0 Å². The average Bonchev–Trinajstić information content (AvgIpc) is 2.47. The number of nitrogens with two attached hydrogens (primary N) is 1. The molecule has 0 saturated carbocycles. The van der Waals surface area contributed by atoms with Crippen molar-refractivity contribution in [2.24, 2.45) is 10.9 Å². The van der Waals surface area contributed by atoms with Crippen LogP contribution in [0.15, 0.2) is 5.16 Å². The second kappa shape index (κ2) is 4.03. The molecule has 0 fully saturated rings. The van der Waals surface area contributed by atoms with Crippen LogP contribution in [0.4, 0.5) is 0 Å². The molecule has 1 rings (SSSR count). The summed E-state index contributed by atoms with van der Waals surface area (Å²) in [5.74, 6) is 0. The van der Waals surface area contributed by atoms with Crippen molar-refractivity contribution in [2.75, 3.05) is 19.3 Å². The van der Waals surface area contributed by atoms with E-state index in [2.05, 4.69) is 9.88 Å². The molecule has 0 aliphatic carbocycles. The normalized spacial score (nSPS) is 22.6. The molecular weight excluding hydrogens is 194 g/mol. The van der Waals surface area contributed by atoms with Crippen LogP contribution in [-0.4, -0.2) is 39.6 Å². The van der Waals surface area contributed by atoms with Gasteiger partial charge in [-0.3, -0.25) is 0 Å². The third kappa shape index (κ3) is 3.71. The third-order valence-electron chi connectivity index (χ3n) is 1.60. The van der Waals surface area contributed by atoms with E-state index >= 15 is 0 Å². The number of sulfonamides is 1. The van der Waals surface area contributed by atoms with E-state index in [4.69, 9.17) is 10.6 Å². The predicted molar refractivity (Wildman–Crippen MR) is 48.8 cm³/mol. The van der Waals surface area contributed by atoms with Gasteiger partial charge in [-0.25, -0.2) is 13.1 Å². The van der Waals surface area contributed by atoms with Crippen molar-refractivity contribution in [1.29, 1.82) is 0 Å². The van der Waals surface area contributed by atoms with Gasteiger partial charge >= 0.3 is 0 Å². The van der Waals surface area contributed by atoms with Crippen LogP contribution in [0, 0.1) is 0 Å². The van der Waals surface area contributed by atoms with Gasteiger partial charge < -0.3 is 10.6 Å². The zero-order valence-corrected chi connectivity index (χ0v) is 8.17. The van der Waals surface area contributed by atoms with Gasteiger partial charge in [0.2, 0.25) is 10.0 Å². The van der Waals surface area contributed by atoms with Crippen LogP contribution in [0.3, 0.4) is 0 Å². The minimum Gasteiger partial charge on any atom is -0.391 e. The highest BCUT2D eigenvalue weighted by atomic mass is 32.2. The highest BCUT2D eigenvalue weighted by Crippen LogP contribution is 2.08. The van der Waals surface area contributed by atoms with Crippen molar-refractivity contribution >= 4 is 15.7 Å². The summed E-state index contributed by atoms with van der Waals surface area (Å²) in [6, 6.07) is 0. The molecule has 0 saturated heterocycles. The molecule has 0 amide bonds. The average molecular weight is 207 g/mol. The smallest absolute Gasteiger partial charge is 0.208 e. The standard InChI is InChI=1S/C6H13N3O3S/c1-13(10,11)8-4-6-2-5(3-7)9-12-6/h6,8H,2-4,7H2,1H3/t6-/m0/s1. The molecule has 13 heavy (non-hydrogen) atoms. The van der Waals surface area contributed by atoms with Crippen LogP contribution in [0.2, 0.25) is 0 Å². The van der Waals surface area contributed by atoms with E-state index in [9.17, 15) is 8.42 Å². The number of hydrogen-bond acceptors (Lipinski definition) is 5.